The van der Waals surface area contributed by atoms with Crippen LogP contribution in [0.4, 0.5) is 0 Å². The van der Waals surface area contributed by atoms with Crippen LogP contribution in [0.2, 0.25) is 0 Å². The topological polar surface area (TPSA) is 45.2 Å². The summed E-state index contributed by atoms with van der Waals surface area (Å²) < 4.78 is 0. The number of nitrogens with zero attached hydrogens (tertiary/aromatic N) is 2. The van der Waals surface area contributed by atoms with E-state index in [0.717, 1.165) is 18.4 Å². The molecule has 4 nitrogen and oxygen atoms in total. The van der Waals surface area contributed by atoms with Crippen LogP contribution in [0, 0.1) is 0 Å². The minimum Gasteiger partial charge on any atom is -0.352 e. The highest BCUT2D eigenvalue weighted by atomic mass is 16.2. The van der Waals surface area contributed by atoms with Gasteiger partial charge in [-0.15, -0.1) is 0 Å². The van der Waals surface area contributed by atoms with Crippen molar-refractivity contribution < 1.29 is 4.79 Å². The molecule has 0 saturated heterocycles. The van der Waals surface area contributed by atoms with Gasteiger partial charge in [0.1, 0.15) is 6.04 Å². The molecule has 1 aromatic heterocycles. The highest BCUT2D eigenvalue weighted by Crippen LogP contribution is 2.27. The molecule has 1 fully saturated rings. The van der Waals surface area contributed by atoms with Gasteiger partial charge in [-0.1, -0.05) is 79.9 Å². The van der Waals surface area contributed by atoms with Crippen molar-refractivity contribution in [3.63, 3.8) is 0 Å². The summed E-state index contributed by atoms with van der Waals surface area (Å²) in [7, 11) is 0. The van der Waals surface area contributed by atoms with Crippen LogP contribution in [0.5, 0.6) is 0 Å². The molecule has 160 valence electrons. The zero-order chi connectivity index (χ0) is 21.3. The van der Waals surface area contributed by atoms with Crippen LogP contribution in [-0.2, 0) is 17.9 Å². The third-order valence-corrected chi connectivity index (χ3v) is 6.04. The van der Waals surface area contributed by atoms with Gasteiger partial charge in [0, 0.05) is 31.5 Å². The number of carbonyl (C=O) groups excluding carboxylic acids is 1. The lowest BCUT2D eigenvalue weighted by atomic mass is 9.94. The van der Waals surface area contributed by atoms with Crippen molar-refractivity contribution in [1.29, 1.82) is 0 Å². The van der Waals surface area contributed by atoms with Crippen LogP contribution >= 0.6 is 0 Å². The van der Waals surface area contributed by atoms with Gasteiger partial charge >= 0.3 is 0 Å². The lowest BCUT2D eigenvalue weighted by Gasteiger charge is -2.33. The SMILES string of the molecule is O=C(NC1CCCCC1)C(c1ccncc1)N(Cc1ccccc1)Cc1ccccc1. The molecule has 1 unspecified atom stereocenters. The number of pyridine rings is 1. The molecule has 0 bridgehead atoms. The van der Waals surface area contributed by atoms with Crippen LogP contribution < -0.4 is 5.32 Å². The average molecular weight is 414 g/mol. The van der Waals surface area contributed by atoms with E-state index in [0.29, 0.717) is 13.1 Å². The van der Waals surface area contributed by atoms with Crippen molar-refractivity contribution in [2.24, 2.45) is 0 Å². The van der Waals surface area contributed by atoms with Gasteiger partial charge in [0.2, 0.25) is 5.91 Å². The fraction of sp³-hybridized carbons (Fsp3) is 0.333. The first-order valence-electron chi connectivity index (χ1n) is 11.3. The van der Waals surface area contributed by atoms with E-state index in [1.54, 1.807) is 12.4 Å². The first-order valence-corrected chi connectivity index (χ1v) is 11.3. The van der Waals surface area contributed by atoms with Crippen molar-refractivity contribution in [1.82, 2.24) is 15.2 Å². The summed E-state index contributed by atoms with van der Waals surface area (Å²) in [5, 5.41) is 3.37. The molecule has 4 heteroatoms. The number of carbonyl (C=O) groups is 1. The standard InChI is InChI=1S/C27H31N3O/c31-27(29-25-14-8-3-9-15-25)26(24-16-18-28-19-17-24)30(20-22-10-4-1-5-11-22)21-23-12-6-2-7-13-23/h1-2,4-7,10-13,16-19,25-26H,3,8-9,14-15,20-21H2,(H,29,31). The average Bonchev–Trinajstić information content (AvgIpc) is 2.82. The van der Waals surface area contributed by atoms with Crippen LogP contribution in [0.15, 0.2) is 85.2 Å². The number of amides is 1. The predicted molar refractivity (Wildman–Crippen MR) is 124 cm³/mol. The van der Waals surface area contributed by atoms with E-state index in [1.165, 1.54) is 30.4 Å². The summed E-state index contributed by atoms with van der Waals surface area (Å²) in [5.41, 5.74) is 3.38. The molecule has 1 aliphatic rings. The fourth-order valence-electron chi connectivity index (χ4n) is 4.48. The first kappa shape index (κ1) is 21.3. The third-order valence-electron chi connectivity index (χ3n) is 6.04. The maximum Gasteiger partial charge on any atom is 0.242 e. The Morgan fingerprint density at radius 3 is 1.94 bits per heavy atom. The number of aromatic nitrogens is 1. The Bertz CT molecular complexity index is 883. The Hall–Kier alpha value is -2.98. The lowest BCUT2D eigenvalue weighted by Crippen LogP contribution is -2.44. The predicted octanol–water partition coefficient (Wildman–Crippen LogP) is 5.27. The smallest absolute Gasteiger partial charge is 0.242 e. The molecule has 31 heavy (non-hydrogen) atoms. The van der Waals surface area contributed by atoms with Crippen molar-refractivity contribution in [2.45, 2.75) is 57.3 Å². The molecule has 0 aliphatic heterocycles. The molecule has 1 amide bonds. The van der Waals surface area contributed by atoms with Gasteiger partial charge in [-0.2, -0.15) is 0 Å². The minimum absolute atomic E-state index is 0.0879. The van der Waals surface area contributed by atoms with Gasteiger partial charge in [-0.25, -0.2) is 0 Å². The van der Waals surface area contributed by atoms with Gasteiger partial charge in [0.05, 0.1) is 0 Å². The second kappa shape index (κ2) is 10.9. The molecule has 2 aromatic carbocycles. The zero-order valence-corrected chi connectivity index (χ0v) is 18.0. The van der Waals surface area contributed by atoms with Crippen molar-refractivity contribution in [3.05, 3.63) is 102 Å². The Morgan fingerprint density at radius 1 is 0.839 bits per heavy atom. The van der Waals surface area contributed by atoms with Gasteiger partial charge in [-0.3, -0.25) is 14.7 Å². The Labute approximate surface area is 185 Å². The molecular weight excluding hydrogens is 382 g/mol. The van der Waals surface area contributed by atoms with E-state index < -0.39 is 0 Å². The Kier molecular flexibility index (Phi) is 7.46. The second-order valence-electron chi connectivity index (χ2n) is 8.40. The van der Waals surface area contributed by atoms with E-state index in [2.05, 4.69) is 63.7 Å². The van der Waals surface area contributed by atoms with Crippen LogP contribution in [0.1, 0.15) is 54.8 Å². The molecule has 1 aliphatic carbocycles. The minimum atomic E-state index is -0.370. The molecule has 1 atom stereocenters. The van der Waals surface area contributed by atoms with E-state index in [1.807, 2.05) is 24.3 Å². The summed E-state index contributed by atoms with van der Waals surface area (Å²) in [6, 6.07) is 24.6. The van der Waals surface area contributed by atoms with Crippen LogP contribution in [0.25, 0.3) is 0 Å². The summed E-state index contributed by atoms with van der Waals surface area (Å²) in [5.74, 6) is 0.0879. The molecule has 0 spiro atoms. The highest BCUT2D eigenvalue weighted by molar-refractivity contribution is 5.83. The van der Waals surface area contributed by atoms with E-state index in [9.17, 15) is 4.79 Å². The molecule has 0 radical (unpaired) electrons. The van der Waals surface area contributed by atoms with Crippen LogP contribution in [-0.4, -0.2) is 21.8 Å². The third kappa shape index (κ3) is 6.02. The number of hydrogen-bond acceptors (Lipinski definition) is 3. The summed E-state index contributed by atoms with van der Waals surface area (Å²) >= 11 is 0. The largest absolute Gasteiger partial charge is 0.352 e. The highest BCUT2D eigenvalue weighted by Gasteiger charge is 2.30. The lowest BCUT2D eigenvalue weighted by molar-refractivity contribution is -0.128. The first-order chi connectivity index (χ1) is 15.3. The number of rotatable bonds is 8. The molecule has 3 aromatic rings. The number of benzene rings is 2. The summed E-state index contributed by atoms with van der Waals surface area (Å²) in [4.78, 5) is 20.1. The normalized spacial score (nSPS) is 15.5. The van der Waals surface area contributed by atoms with Gasteiger partial charge in [0.25, 0.3) is 0 Å². The maximum atomic E-state index is 13.7. The molecule has 1 saturated carbocycles. The fourth-order valence-corrected chi connectivity index (χ4v) is 4.48. The van der Waals surface area contributed by atoms with Gasteiger partial charge in [-0.05, 0) is 41.7 Å². The van der Waals surface area contributed by atoms with Gasteiger partial charge < -0.3 is 5.32 Å². The summed E-state index contributed by atoms with van der Waals surface area (Å²) in [6.45, 7) is 1.39. The van der Waals surface area contributed by atoms with E-state index in [-0.39, 0.29) is 18.0 Å². The quantitative estimate of drug-likeness (QED) is 0.547. The van der Waals surface area contributed by atoms with Gasteiger partial charge in [0.15, 0.2) is 0 Å². The zero-order valence-electron chi connectivity index (χ0n) is 18.0. The number of hydrogen-bond donors (Lipinski definition) is 1. The molecular formula is C27H31N3O. The Balaban J connectivity index is 1.65. The Morgan fingerprint density at radius 2 is 1.39 bits per heavy atom. The van der Waals surface area contributed by atoms with E-state index >= 15 is 0 Å². The van der Waals surface area contributed by atoms with E-state index in [4.69, 9.17) is 0 Å². The monoisotopic (exact) mass is 413 g/mol. The maximum absolute atomic E-state index is 13.7. The van der Waals surface area contributed by atoms with Crippen molar-refractivity contribution in [2.75, 3.05) is 0 Å². The molecule has 1 heterocycles. The summed E-state index contributed by atoms with van der Waals surface area (Å²) in [6.07, 6.45) is 9.37. The van der Waals surface area contributed by atoms with Crippen molar-refractivity contribution in [3.8, 4) is 0 Å². The molecule has 4 rings (SSSR count). The van der Waals surface area contributed by atoms with Crippen molar-refractivity contribution >= 4 is 5.91 Å². The number of nitrogens with one attached hydrogen (secondary N) is 1. The van der Waals surface area contributed by atoms with Crippen LogP contribution in [0.3, 0.4) is 0 Å². The second-order valence-corrected chi connectivity index (χ2v) is 8.40. The molecule has 1 N–H and O–H groups in total.